The Morgan fingerprint density at radius 1 is 1.04 bits per heavy atom. The largest absolute Gasteiger partial charge is 0.484 e. The maximum atomic E-state index is 11.6. The molecule has 2 N–H and O–H groups in total. The number of carbonyl (C=O) groups is 1. The van der Waals surface area contributed by atoms with Crippen LogP contribution in [-0.4, -0.2) is 51.1 Å². The minimum absolute atomic E-state index is 0.0343. The summed E-state index contributed by atoms with van der Waals surface area (Å²) in [6.07, 6.45) is 0.935. The molecule has 0 aliphatic carbocycles. The molecule has 0 saturated carbocycles. The predicted molar refractivity (Wildman–Crippen MR) is 109 cm³/mol. The number of ether oxygens (including phenoxy) is 1. The number of carbonyl (C=O) groups excluding carboxylic acids is 1. The Morgan fingerprint density at radius 3 is 2.48 bits per heavy atom. The third-order valence-electron chi connectivity index (χ3n) is 3.99. The number of amides is 1. The van der Waals surface area contributed by atoms with Gasteiger partial charge in [0.15, 0.2) is 12.6 Å². The standard InChI is InChI=1S/C21H28N4O2/c1-22-21(23-13-12-17-8-5-4-6-9-17)24-15-18-10-7-11-19(14-18)27-16-20(26)25(2)3/h4-11,14H,12-13,15-16H2,1-3H3,(H2,22,23,24). The van der Waals surface area contributed by atoms with E-state index in [-0.39, 0.29) is 12.5 Å². The molecule has 0 aliphatic rings. The molecule has 6 heteroatoms. The first kappa shape index (κ1) is 20.3. The molecule has 0 bridgehead atoms. The highest BCUT2D eigenvalue weighted by Gasteiger charge is 2.05. The molecule has 0 radical (unpaired) electrons. The van der Waals surface area contributed by atoms with Crippen molar-refractivity contribution in [1.82, 2.24) is 15.5 Å². The molecule has 0 saturated heterocycles. The van der Waals surface area contributed by atoms with Gasteiger partial charge in [0.25, 0.3) is 5.91 Å². The molecule has 0 spiro atoms. The molecule has 0 unspecified atom stereocenters. The summed E-state index contributed by atoms with van der Waals surface area (Å²) in [5.74, 6) is 1.36. The van der Waals surface area contributed by atoms with E-state index in [1.165, 1.54) is 10.5 Å². The lowest BCUT2D eigenvalue weighted by atomic mass is 10.1. The van der Waals surface area contributed by atoms with Crippen LogP contribution in [0.2, 0.25) is 0 Å². The topological polar surface area (TPSA) is 66.0 Å². The number of guanidine groups is 1. The monoisotopic (exact) mass is 368 g/mol. The van der Waals surface area contributed by atoms with Crippen molar-refractivity contribution >= 4 is 11.9 Å². The van der Waals surface area contributed by atoms with Gasteiger partial charge in [-0.25, -0.2) is 0 Å². The second-order valence-corrected chi connectivity index (χ2v) is 6.31. The molecule has 0 aliphatic heterocycles. The number of rotatable bonds is 8. The molecular formula is C21H28N4O2. The van der Waals surface area contributed by atoms with Crippen LogP contribution in [0.25, 0.3) is 0 Å². The third kappa shape index (κ3) is 7.40. The zero-order chi connectivity index (χ0) is 19.5. The summed E-state index contributed by atoms with van der Waals surface area (Å²) >= 11 is 0. The first-order chi connectivity index (χ1) is 13.1. The Kier molecular flexibility index (Phi) is 8.16. The summed E-state index contributed by atoms with van der Waals surface area (Å²) in [7, 11) is 5.18. The number of aliphatic imine (C=N–C) groups is 1. The summed E-state index contributed by atoms with van der Waals surface area (Å²) in [6, 6.07) is 18.0. The van der Waals surface area contributed by atoms with Gasteiger partial charge >= 0.3 is 0 Å². The van der Waals surface area contributed by atoms with Crippen molar-refractivity contribution in [3.8, 4) is 5.75 Å². The minimum Gasteiger partial charge on any atom is -0.484 e. The Labute approximate surface area is 161 Å². The fourth-order valence-electron chi connectivity index (χ4n) is 2.40. The fraction of sp³-hybridized carbons (Fsp3) is 0.333. The van der Waals surface area contributed by atoms with Crippen LogP contribution in [0.3, 0.4) is 0 Å². The second kappa shape index (κ2) is 10.9. The van der Waals surface area contributed by atoms with E-state index in [2.05, 4.69) is 27.8 Å². The van der Waals surface area contributed by atoms with E-state index in [9.17, 15) is 4.79 Å². The van der Waals surface area contributed by atoms with Crippen LogP contribution in [0.15, 0.2) is 59.6 Å². The zero-order valence-corrected chi connectivity index (χ0v) is 16.2. The summed E-state index contributed by atoms with van der Waals surface area (Å²) in [6.45, 7) is 1.45. The molecule has 144 valence electrons. The van der Waals surface area contributed by atoms with Crippen LogP contribution >= 0.6 is 0 Å². The lowest BCUT2D eigenvalue weighted by Gasteiger charge is -2.14. The Balaban J connectivity index is 1.78. The Hall–Kier alpha value is -3.02. The van der Waals surface area contributed by atoms with E-state index in [1.54, 1.807) is 21.1 Å². The molecule has 27 heavy (non-hydrogen) atoms. The third-order valence-corrected chi connectivity index (χ3v) is 3.99. The number of hydrogen-bond donors (Lipinski definition) is 2. The molecule has 0 fully saturated rings. The van der Waals surface area contributed by atoms with Gasteiger partial charge < -0.3 is 20.3 Å². The highest BCUT2D eigenvalue weighted by Crippen LogP contribution is 2.13. The molecule has 2 aromatic rings. The van der Waals surface area contributed by atoms with Crippen molar-refractivity contribution in [3.63, 3.8) is 0 Å². The van der Waals surface area contributed by atoms with Crippen molar-refractivity contribution in [1.29, 1.82) is 0 Å². The van der Waals surface area contributed by atoms with Gasteiger partial charge in [-0.15, -0.1) is 0 Å². The van der Waals surface area contributed by atoms with Crippen molar-refractivity contribution in [2.75, 3.05) is 34.3 Å². The summed E-state index contributed by atoms with van der Waals surface area (Å²) in [5.41, 5.74) is 2.34. The van der Waals surface area contributed by atoms with E-state index in [4.69, 9.17) is 4.74 Å². The molecule has 0 aromatic heterocycles. The zero-order valence-electron chi connectivity index (χ0n) is 16.2. The van der Waals surface area contributed by atoms with Gasteiger partial charge in [-0.3, -0.25) is 9.79 Å². The van der Waals surface area contributed by atoms with Crippen LogP contribution in [-0.2, 0) is 17.8 Å². The van der Waals surface area contributed by atoms with Gasteiger partial charge in [-0.05, 0) is 29.7 Å². The van der Waals surface area contributed by atoms with Crippen LogP contribution in [0.5, 0.6) is 5.75 Å². The highest BCUT2D eigenvalue weighted by atomic mass is 16.5. The van der Waals surface area contributed by atoms with Crippen LogP contribution < -0.4 is 15.4 Å². The van der Waals surface area contributed by atoms with Gasteiger partial charge in [0.05, 0.1) is 0 Å². The van der Waals surface area contributed by atoms with E-state index < -0.39 is 0 Å². The summed E-state index contributed by atoms with van der Waals surface area (Å²) < 4.78 is 5.55. The summed E-state index contributed by atoms with van der Waals surface area (Å²) in [5, 5.41) is 6.60. The lowest BCUT2D eigenvalue weighted by Crippen LogP contribution is -2.37. The van der Waals surface area contributed by atoms with Gasteiger partial charge in [0.2, 0.25) is 0 Å². The SMILES string of the molecule is CN=C(NCCc1ccccc1)NCc1cccc(OCC(=O)N(C)C)c1. The van der Waals surface area contributed by atoms with E-state index in [1.807, 2.05) is 42.5 Å². The molecule has 0 heterocycles. The average molecular weight is 368 g/mol. The molecule has 2 rings (SSSR count). The lowest BCUT2D eigenvalue weighted by molar-refractivity contribution is -0.130. The second-order valence-electron chi connectivity index (χ2n) is 6.31. The number of nitrogens with zero attached hydrogens (tertiary/aromatic N) is 2. The first-order valence-electron chi connectivity index (χ1n) is 8.99. The summed E-state index contributed by atoms with van der Waals surface area (Å²) in [4.78, 5) is 17.4. The van der Waals surface area contributed by atoms with E-state index >= 15 is 0 Å². The quantitative estimate of drug-likeness (QED) is 0.553. The van der Waals surface area contributed by atoms with Crippen molar-refractivity contribution < 1.29 is 9.53 Å². The number of benzene rings is 2. The Bertz CT molecular complexity index is 745. The minimum atomic E-state index is -0.0680. The van der Waals surface area contributed by atoms with Gasteiger partial charge in [-0.2, -0.15) is 0 Å². The Morgan fingerprint density at radius 2 is 1.78 bits per heavy atom. The first-order valence-corrected chi connectivity index (χ1v) is 8.99. The molecule has 2 aromatic carbocycles. The van der Waals surface area contributed by atoms with Crippen LogP contribution in [0.4, 0.5) is 0 Å². The number of hydrogen-bond acceptors (Lipinski definition) is 3. The van der Waals surface area contributed by atoms with Crippen LogP contribution in [0.1, 0.15) is 11.1 Å². The number of nitrogens with one attached hydrogen (secondary N) is 2. The smallest absolute Gasteiger partial charge is 0.259 e. The molecule has 6 nitrogen and oxygen atoms in total. The maximum Gasteiger partial charge on any atom is 0.259 e. The highest BCUT2D eigenvalue weighted by molar-refractivity contribution is 5.79. The van der Waals surface area contributed by atoms with Crippen molar-refractivity contribution in [3.05, 3.63) is 65.7 Å². The van der Waals surface area contributed by atoms with Gasteiger partial charge in [-0.1, -0.05) is 42.5 Å². The maximum absolute atomic E-state index is 11.6. The van der Waals surface area contributed by atoms with Crippen LogP contribution in [0, 0.1) is 0 Å². The molecule has 1 amide bonds. The van der Waals surface area contributed by atoms with Crippen molar-refractivity contribution in [2.24, 2.45) is 4.99 Å². The number of likely N-dealkylation sites (N-methyl/N-ethyl adjacent to an activating group) is 1. The van der Waals surface area contributed by atoms with Crippen molar-refractivity contribution in [2.45, 2.75) is 13.0 Å². The predicted octanol–water partition coefficient (Wildman–Crippen LogP) is 2.06. The van der Waals surface area contributed by atoms with Gasteiger partial charge in [0, 0.05) is 34.2 Å². The molecule has 0 atom stereocenters. The normalized spacial score (nSPS) is 11.0. The van der Waals surface area contributed by atoms with E-state index in [0.29, 0.717) is 12.3 Å². The van der Waals surface area contributed by atoms with Gasteiger partial charge in [0.1, 0.15) is 5.75 Å². The average Bonchev–Trinajstić information content (AvgIpc) is 2.69. The fourth-order valence-corrected chi connectivity index (χ4v) is 2.40. The van der Waals surface area contributed by atoms with E-state index in [0.717, 1.165) is 24.5 Å². The molecular weight excluding hydrogens is 340 g/mol.